The minimum Gasteiger partial charge on any atom is -0.787 e. The standard InChI is InChI=1S/C6H6OS3/c7-10(8,9)6-4-2-1-3-5-6/h1-5H,(H,7,8,9)/p-1. The summed E-state index contributed by atoms with van der Waals surface area (Å²) in [5.74, 6) is 0. The average Bonchev–Trinajstić information content (AvgIpc) is 1.88. The molecule has 0 spiro atoms. The second kappa shape index (κ2) is 2.92. The summed E-state index contributed by atoms with van der Waals surface area (Å²) in [6, 6.07) is 8.74. The van der Waals surface area contributed by atoms with E-state index in [4.69, 9.17) is 0 Å². The fourth-order valence-electron chi connectivity index (χ4n) is 0.587. The molecule has 1 aromatic rings. The predicted molar refractivity (Wildman–Crippen MR) is 47.6 cm³/mol. The molecule has 54 valence electrons. The van der Waals surface area contributed by atoms with Crippen LogP contribution in [0.3, 0.4) is 0 Å². The molecule has 0 aromatic heterocycles. The van der Waals surface area contributed by atoms with Crippen LogP contribution in [-0.2, 0) is 29.8 Å². The highest BCUT2D eigenvalue weighted by Crippen LogP contribution is 2.06. The Morgan fingerprint density at radius 1 is 1.10 bits per heavy atom. The molecule has 1 nitrogen and oxygen atoms in total. The summed E-state index contributed by atoms with van der Waals surface area (Å²) >= 11 is 9.19. The van der Waals surface area contributed by atoms with E-state index in [1.165, 1.54) is 0 Å². The third kappa shape index (κ3) is 1.98. The monoisotopic (exact) mass is 189 g/mol. The zero-order valence-corrected chi connectivity index (χ0v) is 7.47. The molecule has 0 aliphatic carbocycles. The van der Waals surface area contributed by atoms with Crippen molar-refractivity contribution in [2.45, 2.75) is 4.90 Å². The molecule has 0 saturated carbocycles. The van der Waals surface area contributed by atoms with Crippen LogP contribution in [0.4, 0.5) is 0 Å². The fourth-order valence-corrected chi connectivity index (χ4v) is 1.74. The molecule has 0 saturated heterocycles. The molecule has 0 radical (unpaired) electrons. The molecule has 0 unspecified atom stereocenters. The molecule has 10 heavy (non-hydrogen) atoms. The minimum atomic E-state index is -2.59. The van der Waals surface area contributed by atoms with Crippen LogP contribution in [0.1, 0.15) is 0 Å². The van der Waals surface area contributed by atoms with Crippen molar-refractivity contribution in [3.05, 3.63) is 30.3 Å². The van der Waals surface area contributed by atoms with Crippen molar-refractivity contribution < 1.29 is 4.55 Å². The van der Waals surface area contributed by atoms with Gasteiger partial charge in [-0.05, 0) is 12.1 Å². The Labute approximate surface area is 69.7 Å². The molecule has 0 bridgehead atoms. The smallest absolute Gasteiger partial charge is 0.00267 e. The Balaban J connectivity index is 3.22. The maximum absolute atomic E-state index is 11.0. The first kappa shape index (κ1) is 8.07. The molecule has 0 aliphatic heterocycles. The van der Waals surface area contributed by atoms with Gasteiger partial charge in [0, 0.05) is 4.90 Å². The zero-order valence-electron chi connectivity index (χ0n) is 5.02. The maximum Gasteiger partial charge on any atom is 0.00267 e. The largest absolute Gasteiger partial charge is 0.787 e. The van der Waals surface area contributed by atoms with Crippen LogP contribution in [-0.4, -0.2) is 4.55 Å². The van der Waals surface area contributed by atoms with Gasteiger partial charge in [0.1, 0.15) is 0 Å². The molecule has 1 aromatic carbocycles. The van der Waals surface area contributed by atoms with Crippen molar-refractivity contribution in [1.29, 1.82) is 0 Å². The lowest BCUT2D eigenvalue weighted by molar-refractivity contribution is 0.610. The Hall–Kier alpha value is -0.0300. The van der Waals surface area contributed by atoms with Gasteiger partial charge in [0.2, 0.25) is 0 Å². The molecule has 4 heteroatoms. The van der Waals surface area contributed by atoms with E-state index >= 15 is 0 Å². The SMILES string of the molecule is [O-]S(=S)(=S)c1ccccc1. The Morgan fingerprint density at radius 3 is 1.90 bits per heavy atom. The minimum absolute atomic E-state index is 0.556. The second-order valence-corrected chi connectivity index (χ2v) is 6.60. The summed E-state index contributed by atoms with van der Waals surface area (Å²) in [5, 5.41) is 0. The highest BCUT2D eigenvalue weighted by Gasteiger charge is 1.88. The van der Waals surface area contributed by atoms with Crippen LogP contribution in [0, 0.1) is 0 Å². The summed E-state index contributed by atoms with van der Waals surface area (Å²) < 4.78 is 11.0. The Kier molecular flexibility index (Phi) is 2.36. The molecule has 0 N–H and O–H groups in total. The molecular weight excluding hydrogens is 184 g/mol. The number of rotatable bonds is 1. The maximum atomic E-state index is 11.0. The van der Waals surface area contributed by atoms with Crippen LogP contribution in [0.25, 0.3) is 0 Å². The molecule has 0 aliphatic rings. The number of benzene rings is 1. The van der Waals surface area contributed by atoms with E-state index in [0.717, 1.165) is 0 Å². The first-order chi connectivity index (χ1) is 4.61. The van der Waals surface area contributed by atoms with Gasteiger partial charge in [-0.3, -0.25) is 0 Å². The van der Waals surface area contributed by atoms with Gasteiger partial charge in [-0.25, -0.2) is 0 Å². The molecular formula is C6H5OS3-. The molecule has 1 rings (SSSR count). The van der Waals surface area contributed by atoms with Gasteiger partial charge in [0.05, 0.1) is 0 Å². The van der Waals surface area contributed by atoms with Crippen LogP contribution in [0.15, 0.2) is 35.2 Å². The van der Waals surface area contributed by atoms with Crippen molar-refractivity contribution >= 4 is 29.8 Å². The molecule has 0 heterocycles. The molecule has 0 amide bonds. The van der Waals surface area contributed by atoms with E-state index in [9.17, 15) is 4.55 Å². The van der Waals surface area contributed by atoms with Crippen LogP contribution in [0.5, 0.6) is 0 Å². The Morgan fingerprint density at radius 2 is 1.60 bits per heavy atom. The summed E-state index contributed by atoms with van der Waals surface area (Å²) in [4.78, 5) is 0.556. The molecule has 0 fully saturated rings. The lowest BCUT2D eigenvalue weighted by Crippen LogP contribution is -1.92. The highest BCUT2D eigenvalue weighted by molar-refractivity contribution is 8.53. The third-order valence-electron chi connectivity index (χ3n) is 1.03. The summed E-state index contributed by atoms with van der Waals surface area (Å²) in [5.41, 5.74) is 0. The average molecular weight is 189 g/mol. The fraction of sp³-hybridized carbons (Fsp3) is 0. The third-order valence-corrected chi connectivity index (χ3v) is 3.04. The van der Waals surface area contributed by atoms with Gasteiger partial charge in [0.25, 0.3) is 0 Å². The van der Waals surface area contributed by atoms with Crippen molar-refractivity contribution in [1.82, 2.24) is 0 Å². The summed E-state index contributed by atoms with van der Waals surface area (Å²) in [6.07, 6.45) is 0. The number of hydrogen-bond acceptors (Lipinski definition) is 3. The van der Waals surface area contributed by atoms with Crippen molar-refractivity contribution in [3.8, 4) is 0 Å². The summed E-state index contributed by atoms with van der Waals surface area (Å²) in [6.45, 7) is 0. The lowest BCUT2D eigenvalue weighted by atomic mass is 10.4. The van der Waals surface area contributed by atoms with E-state index in [1.54, 1.807) is 24.3 Å². The quantitative estimate of drug-likeness (QED) is 0.664. The van der Waals surface area contributed by atoms with Gasteiger partial charge in [-0.1, -0.05) is 40.6 Å². The van der Waals surface area contributed by atoms with Gasteiger partial charge in [-0.2, -0.15) is 0 Å². The van der Waals surface area contributed by atoms with Crippen LogP contribution in [0.2, 0.25) is 0 Å². The van der Waals surface area contributed by atoms with Gasteiger partial charge >= 0.3 is 0 Å². The van der Waals surface area contributed by atoms with Crippen molar-refractivity contribution in [2.24, 2.45) is 0 Å². The summed E-state index contributed by atoms with van der Waals surface area (Å²) in [7, 11) is -2.59. The van der Waals surface area contributed by atoms with Crippen molar-refractivity contribution in [2.75, 3.05) is 0 Å². The van der Waals surface area contributed by atoms with E-state index in [2.05, 4.69) is 22.4 Å². The zero-order chi connectivity index (χ0) is 7.61. The lowest BCUT2D eigenvalue weighted by Gasteiger charge is -2.13. The van der Waals surface area contributed by atoms with E-state index in [1.807, 2.05) is 6.07 Å². The van der Waals surface area contributed by atoms with Crippen molar-refractivity contribution in [3.63, 3.8) is 0 Å². The van der Waals surface area contributed by atoms with Crippen LogP contribution < -0.4 is 0 Å². The second-order valence-electron chi connectivity index (χ2n) is 1.77. The van der Waals surface area contributed by atoms with E-state index in [-0.39, 0.29) is 0 Å². The van der Waals surface area contributed by atoms with E-state index in [0.29, 0.717) is 4.90 Å². The van der Waals surface area contributed by atoms with Gasteiger partial charge in [0.15, 0.2) is 0 Å². The van der Waals surface area contributed by atoms with Gasteiger partial charge in [-0.15, -0.1) is 7.43 Å². The predicted octanol–water partition coefficient (Wildman–Crippen LogP) is 1.25. The van der Waals surface area contributed by atoms with Crippen LogP contribution >= 0.6 is 0 Å². The highest BCUT2D eigenvalue weighted by atomic mass is 33.1. The first-order valence-corrected chi connectivity index (χ1v) is 6.02. The van der Waals surface area contributed by atoms with Gasteiger partial charge < -0.3 is 4.55 Å². The topological polar surface area (TPSA) is 23.1 Å². The number of hydrogen-bond donors (Lipinski definition) is 0. The normalized spacial score (nSPS) is 11.3. The first-order valence-electron chi connectivity index (χ1n) is 2.61. The Bertz CT molecular complexity index is 301. The molecule has 0 atom stereocenters. The van der Waals surface area contributed by atoms with E-state index < -0.39 is 7.43 Å².